The molecule has 0 N–H and O–H groups in total. The van der Waals surface area contributed by atoms with Crippen LogP contribution in [0.5, 0.6) is 0 Å². The van der Waals surface area contributed by atoms with E-state index in [1.54, 1.807) is 0 Å². The zero-order chi connectivity index (χ0) is 12.0. The number of nitrogens with zero attached hydrogens (tertiary/aromatic N) is 2. The van der Waals surface area contributed by atoms with Crippen LogP contribution in [-0.2, 0) is 0 Å². The van der Waals surface area contributed by atoms with Gasteiger partial charge in [-0.1, -0.05) is 12.5 Å². The van der Waals surface area contributed by atoms with Crippen molar-refractivity contribution < 1.29 is 0 Å². The van der Waals surface area contributed by atoms with E-state index in [9.17, 15) is 0 Å². The molecule has 0 amide bonds. The highest BCUT2D eigenvalue weighted by Gasteiger charge is 2.02. The Morgan fingerprint density at radius 3 is 2.75 bits per heavy atom. The van der Waals surface area contributed by atoms with Crippen LogP contribution in [0.3, 0.4) is 0 Å². The number of hydrogen-bond acceptors (Lipinski definition) is 2. The summed E-state index contributed by atoms with van der Waals surface area (Å²) in [6.45, 7) is 9.19. The average molecular weight is 216 g/mol. The predicted molar refractivity (Wildman–Crippen MR) is 70.1 cm³/mol. The first-order valence-electron chi connectivity index (χ1n) is 5.82. The fourth-order valence-electron chi connectivity index (χ4n) is 1.38. The Hall–Kier alpha value is -1.44. The SMILES string of the molecule is CCN=C(/C=C(/C)CC)c1cc(C)ccn1. The number of aryl methyl sites for hydroxylation is 1. The van der Waals surface area contributed by atoms with Crippen LogP contribution in [0.25, 0.3) is 0 Å². The summed E-state index contributed by atoms with van der Waals surface area (Å²) in [5.41, 5.74) is 4.51. The smallest absolute Gasteiger partial charge is 0.0884 e. The van der Waals surface area contributed by atoms with Crippen LogP contribution in [0.4, 0.5) is 0 Å². The summed E-state index contributed by atoms with van der Waals surface area (Å²) in [4.78, 5) is 8.87. The number of pyridine rings is 1. The highest BCUT2D eigenvalue weighted by molar-refractivity contribution is 6.07. The van der Waals surface area contributed by atoms with E-state index in [1.165, 1.54) is 11.1 Å². The van der Waals surface area contributed by atoms with Crippen molar-refractivity contribution in [2.24, 2.45) is 4.99 Å². The minimum Gasteiger partial charge on any atom is -0.283 e. The molecule has 0 unspecified atom stereocenters. The van der Waals surface area contributed by atoms with E-state index in [0.29, 0.717) is 0 Å². The molecule has 16 heavy (non-hydrogen) atoms. The monoisotopic (exact) mass is 216 g/mol. The lowest BCUT2D eigenvalue weighted by Crippen LogP contribution is -2.02. The summed E-state index contributed by atoms with van der Waals surface area (Å²) < 4.78 is 0. The van der Waals surface area contributed by atoms with Gasteiger partial charge in [0.05, 0.1) is 11.4 Å². The third-order valence-electron chi connectivity index (χ3n) is 2.45. The van der Waals surface area contributed by atoms with Crippen molar-refractivity contribution in [3.8, 4) is 0 Å². The van der Waals surface area contributed by atoms with Crippen molar-refractivity contribution in [3.05, 3.63) is 41.2 Å². The number of aromatic nitrogens is 1. The third-order valence-corrected chi connectivity index (χ3v) is 2.45. The molecule has 86 valence electrons. The molecule has 0 aliphatic heterocycles. The molecule has 2 heteroatoms. The van der Waals surface area contributed by atoms with Crippen LogP contribution in [0.15, 0.2) is 35.0 Å². The normalized spacial score (nSPS) is 13.0. The second-order valence-electron chi connectivity index (χ2n) is 3.92. The summed E-state index contributed by atoms with van der Waals surface area (Å²) in [7, 11) is 0. The number of allylic oxidation sites excluding steroid dienone is 2. The van der Waals surface area contributed by atoms with Crippen LogP contribution in [-0.4, -0.2) is 17.2 Å². The van der Waals surface area contributed by atoms with Crippen LogP contribution < -0.4 is 0 Å². The van der Waals surface area contributed by atoms with E-state index < -0.39 is 0 Å². The largest absolute Gasteiger partial charge is 0.283 e. The average Bonchev–Trinajstić information content (AvgIpc) is 2.28. The van der Waals surface area contributed by atoms with E-state index in [1.807, 2.05) is 19.2 Å². The molecular formula is C14H20N2. The molecule has 1 aromatic heterocycles. The lowest BCUT2D eigenvalue weighted by molar-refractivity contribution is 1.09. The molecular weight excluding hydrogens is 196 g/mol. The summed E-state index contributed by atoms with van der Waals surface area (Å²) in [6, 6.07) is 4.08. The first kappa shape index (κ1) is 12.6. The molecule has 0 aliphatic carbocycles. The first-order chi connectivity index (χ1) is 7.67. The molecule has 0 bridgehead atoms. The Morgan fingerprint density at radius 2 is 2.19 bits per heavy atom. The van der Waals surface area contributed by atoms with Crippen LogP contribution in [0.1, 0.15) is 38.4 Å². The summed E-state index contributed by atoms with van der Waals surface area (Å²) in [5, 5.41) is 0. The molecule has 2 nitrogen and oxygen atoms in total. The van der Waals surface area contributed by atoms with E-state index in [4.69, 9.17) is 0 Å². The van der Waals surface area contributed by atoms with Crippen molar-refractivity contribution >= 4 is 5.71 Å². The van der Waals surface area contributed by atoms with Crippen molar-refractivity contribution in [2.75, 3.05) is 6.54 Å². The second-order valence-corrected chi connectivity index (χ2v) is 3.92. The Kier molecular flexibility index (Phi) is 4.90. The van der Waals surface area contributed by atoms with Crippen LogP contribution >= 0.6 is 0 Å². The van der Waals surface area contributed by atoms with Gasteiger partial charge in [0.15, 0.2) is 0 Å². The van der Waals surface area contributed by atoms with Crippen molar-refractivity contribution in [1.29, 1.82) is 0 Å². The summed E-state index contributed by atoms with van der Waals surface area (Å²) in [6.07, 6.45) is 5.02. The molecule has 0 saturated carbocycles. The van der Waals surface area contributed by atoms with Gasteiger partial charge in [0.1, 0.15) is 0 Å². The van der Waals surface area contributed by atoms with Gasteiger partial charge in [0, 0.05) is 12.7 Å². The molecule has 1 heterocycles. The van der Waals surface area contributed by atoms with E-state index in [0.717, 1.165) is 24.4 Å². The quantitative estimate of drug-likeness (QED) is 0.706. The van der Waals surface area contributed by atoms with Gasteiger partial charge in [0.2, 0.25) is 0 Å². The molecule has 0 atom stereocenters. The summed E-state index contributed by atoms with van der Waals surface area (Å²) in [5.74, 6) is 0. The predicted octanol–water partition coefficient (Wildman–Crippen LogP) is 3.56. The van der Waals surface area contributed by atoms with Gasteiger partial charge in [-0.05, 0) is 51.0 Å². The maximum absolute atomic E-state index is 4.50. The molecule has 0 aliphatic rings. The molecule has 0 spiro atoms. The Balaban J connectivity index is 3.09. The maximum atomic E-state index is 4.50. The topological polar surface area (TPSA) is 25.2 Å². The van der Waals surface area contributed by atoms with Crippen LogP contribution in [0.2, 0.25) is 0 Å². The van der Waals surface area contributed by atoms with E-state index in [2.05, 4.69) is 42.9 Å². The Bertz CT molecular complexity index is 403. The molecule has 1 aromatic rings. The fourth-order valence-corrected chi connectivity index (χ4v) is 1.38. The van der Waals surface area contributed by atoms with Gasteiger partial charge < -0.3 is 0 Å². The second kappa shape index (κ2) is 6.21. The van der Waals surface area contributed by atoms with Gasteiger partial charge in [-0.15, -0.1) is 0 Å². The van der Waals surface area contributed by atoms with Gasteiger partial charge in [0.25, 0.3) is 0 Å². The van der Waals surface area contributed by atoms with Gasteiger partial charge in [-0.25, -0.2) is 0 Å². The molecule has 0 fully saturated rings. The van der Waals surface area contributed by atoms with E-state index in [-0.39, 0.29) is 0 Å². The minimum atomic E-state index is 0.790. The zero-order valence-electron chi connectivity index (χ0n) is 10.6. The van der Waals surface area contributed by atoms with Crippen molar-refractivity contribution in [3.63, 3.8) is 0 Å². The van der Waals surface area contributed by atoms with Gasteiger partial charge in [-0.3, -0.25) is 9.98 Å². The highest BCUT2D eigenvalue weighted by Crippen LogP contribution is 2.07. The summed E-state index contributed by atoms with van der Waals surface area (Å²) >= 11 is 0. The third kappa shape index (κ3) is 3.61. The zero-order valence-corrected chi connectivity index (χ0v) is 10.6. The number of aliphatic imine (C=N–C) groups is 1. The lowest BCUT2D eigenvalue weighted by atomic mass is 10.1. The molecule has 1 rings (SSSR count). The number of rotatable bonds is 4. The molecule has 0 saturated heterocycles. The highest BCUT2D eigenvalue weighted by atomic mass is 14.8. The van der Waals surface area contributed by atoms with Gasteiger partial charge in [-0.2, -0.15) is 0 Å². The standard InChI is InChI=1S/C14H20N2/c1-5-11(3)9-13(15-6-2)14-10-12(4)7-8-16-14/h7-10H,5-6H2,1-4H3/b11-9-,15-13?. The molecule has 0 aromatic carbocycles. The van der Waals surface area contributed by atoms with Crippen molar-refractivity contribution in [1.82, 2.24) is 4.98 Å². The molecule has 0 radical (unpaired) electrons. The Labute approximate surface area is 98.1 Å². The first-order valence-corrected chi connectivity index (χ1v) is 5.82. The van der Waals surface area contributed by atoms with Gasteiger partial charge >= 0.3 is 0 Å². The van der Waals surface area contributed by atoms with Crippen molar-refractivity contribution in [2.45, 2.75) is 34.1 Å². The van der Waals surface area contributed by atoms with Crippen LogP contribution in [0, 0.1) is 6.92 Å². The minimum absolute atomic E-state index is 0.790. The number of hydrogen-bond donors (Lipinski definition) is 0. The fraction of sp³-hybridized carbons (Fsp3) is 0.429. The Morgan fingerprint density at radius 1 is 1.44 bits per heavy atom. The lowest BCUT2D eigenvalue weighted by Gasteiger charge is -2.03. The maximum Gasteiger partial charge on any atom is 0.0884 e. The van der Waals surface area contributed by atoms with E-state index >= 15 is 0 Å².